The van der Waals surface area contributed by atoms with Crippen molar-refractivity contribution >= 4 is 34.9 Å². The molecule has 17 nitrogen and oxygen atoms in total. The minimum Gasteiger partial charge on any atom is -0.497 e. The lowest BCUT2D eigenvalue weighted by molar-refractivity contribution is -0.136. The van der Waals surface area contributed by atoms with Gasteiger partial charge in [0, 0.05) is 41.2 Å². The van der Waals surface area contributed by atoms with Gasteiger partial charge in [-0.05, 0) is 80.0 Å². The van der Waals surface area contributed by atoms with Crippen molar-refractivity contribution in [1.29, 1.82) is 0 Å². The zero-order valence-corrected chi connectivity index (χ0v) is 39.4. The monoisotopic (exact) mass is 947 g/mol. The topological polar surface area (TPSA) is 198 Å². The number of rotatable bonds is 12. The van der Waals surface area contributed by atoms with Crippen molar-refractivity contribution in [2.75, 3.05) is 34.4 Å². The third-order valence-corrected chi connectivity index (χ3v) is 13.3. The van der Waals surface area contributed by atoms with E-state index in [-0.39, 0.29) is 46.8 Å². The third kappa shape index (κ3) is 8.81. The van der Waals surface area contributed by atoms with Crippen LogP contribution in [0.25, 0.3) is 44.7 Å². The summed E-state index contributed by atoms with van der Waals surface area (Å²) in [6, 6.07) is 12.8. The van der Waals surface area contributed by atoms with E-state index in [1.54, 1.807) is 34.3 Å². The van der Waals surface area contributed by atoms with E-state index in [1.807, 2.05) is 56.5 Å². The Morgan fingerprint density at radius 1 is 0.739 bits per heavy atom. The Hall–Kier alpha value is -7.44. The van der Waals surface area contributed by atoms with Gasteiger partial charge >= 0.3 is 12.2 Å². The Morgan fingerprint density at radius 3 is 1.87 bits per heavy atom. The molecular weight excluding hydrogens is 893 g/mol. The zero-order chi connectivity index (χ0) is 48.8. The predicted octanol–water partition coefficient (Wildman–Crippen LogP) is 8.40. The summed E-state index contributed by atoms with van der Waals surface area (Å²) in [6.45, 7) is 8.40. The first-order chi connectivity index (χ1) is 33.2. The lowest BCUT2D eigenvalue weighted by Gasteiger charge is -2.31. The van der Waals surface area contributed by atoms with Gasteiger partial charge in [-0.2, -0.15) is 0 Å². The molecule has 2 fully saturated rings. The molecule has 3 aromatic carbocycles. The molecule has 0 aliphatic carbocycles. The Kier molecular flexibility index (Phi) is 12.8. The molecule has 4 N–H and O–H groups in total. The van der Waals surface area contributed by atoms with Crippen LogP contribution in [0.5, 0.6) is 11.5 Å². The number of imidazole rings is 2. The number of nitrogens with zero attached hydrogens (tertiary/aromatic N) is 5. The zero-order valence-electron chi connectivity index (χ0n) is 39.4. The van der Waals surface area contributed by atoms with Gasteiger partial charge in [0.25, 0.3) is 0 Å². The van der Waals surface area contributed by atoms with Crippen molar-refractivity contribution in [2.24, 2.45) is 11.8 Å². The van der Waals surface area contributed by atoms with Crippen molar-refractivity contribution in [3.63, 3.8) is 0 Å². The van der Waals surface area contributed by atoms with Gasteiger partial charge in [0.15, 0.2) is 0 Å². The number of aromatic nitrogens is 5. The largest absolute Gasteiger partial charge is 0.497 e. The van der Waals surface area contributed by atoms with Crippen molar-refractivity contribution < 1.29 is 46.9 Å². The number of benzene rings is 3. The lowest BCUT2D eigenvalue weighted by atomic mass is 10.0. The maximum absolute atomic E-state index is 16.9. The summed E-state index contributed by atoms with van der Waals surface area (Å²) in [5.41, 5.74) is 4.23. The predicted molar refractivity (Wildman–Crippen MR) is 250 cm³/mol. The minimum absolute atomic E-state index is 0.179. The molecule has 5 atom stereocenters. The van der Waals surface area contributed by atoms with Crippen LogP contribution in [-0.2, 0) is 19.1 Å². The molecule has 2 saturated heterocycles. The highest BCUT2D eigenvalue weighted by Gasteiger charge is 2.40. The number of methoxy groups -OCH3 is 3. The van der Waals surface area contributed by atoms with Crippen LogP contribution in [0.1, 0.15) is 88.9 Å². The van der Waals surface area contributed by atoms with Crippen molar-refractivity contribution in [1.82, 2.24) is 44.9 Å². The van der Waals surface area contributed by atoms with Crippen LogP contribution in [0.15, 0.2) is 67.0 Å². The second-order valence-corrected chi connectivity index (χ2v) is 18.4. The molecule has 6 aromatic rings. The molecular formula is C50H55F2N9O8. The van der Waals surface area contributed by atoms with E-state index in [4.69, 9.17) is 23.9 Å². The molecule has 4 amide bonds. The third-order valence-electron chi connectivity index (χ3n) is 13.3. The normalized spacial score (nSPS) is 18.4. The number of alkyl carbamates (subject to hydrolysis) is 2. The summed E-state index contributed by atoms with van der Waals surface area (Å²) in [6.07, 6.45) is 3.79. The van der Waals surface area contributed by atoms with Crippen LogP contribution in [0.3, 0.4) is 0 Å². The molecule has 0 saturated carbocycles. The van der Waals surface area contributed by atoms with E-state index >= 15 is 8.78 Å². The van der Waals surface area contributed by atoms with Crippen molar-refractivity contribution in [3.8, 4) is 45.3 Å². The molecule has 3 aliphatic heterocycles. The second-order valence-electron chi connectivity index (χ2n) is 18.4. The molecule has 0 bridgehead atoms. The molecule has 362 valence electrons. The van der Waals surface area contributed by atoms with Crippen LogP contribution in [0, 0.1) is 23.5 Å². The Labute approximate surface area is 396 Å². The van der Waals surface area contributed by atoms with Crippen LogP contribution in [0.2, 0.25) is 0 Å². The SMILES string of the molecule is COC(=O)NC(C(=O)N1CCCC1c1ncc(-c2cc(F)c3c(c2)OC(c2cc(F)cc(OC)c2)n2c-3cc3cc(-c4cnc(C5CCCN5C(=O)C(NC(=O)OC)C(C)C)[nH]4)ccc32)[nH]1)C(C)C. The number of hydrogen-bond acceptors (Lipinski definition) is 10. The average molecular weight is 948 g/mol. The number of halogens is 2. The molecule has 6 heterocycles. The molecule has 3 aliphatic rings. The maximum Gasteiger partial charge on any atom is 0.407 e. The van der Waals surface area contributed by atoms with Gasteiger partial charge < -0.3 is 53.9 Å². The minimum atomic E-state index is -0.953. The fourth-order valence-corrected chi connectivity index (χ4v) is 9.85. The van der Waals surface area contributed by atoms with Gasteiger partial charge in [-0.25, -0.2) is 28.3 Å². The van der Waals surface area contributed by atoms with Crippen molar-refractivity contribution in [2.45, 2.75) is 83.8 Å². The molecule has 0 radical (unpaired) electrons. The van der Waals surface area contributed by atoms with E-state index in [1.165, 1.54) is 39.5 Å². The summed E-state index contributed by atoms with van der Waals surface area (Å²) in [5, 5.41) is 6.09. The van der Waals surface area contributed by atoms with Crippen LogP contribution >= 0.6 is 0 Å². The summed E-state index contributed by atoms with van der Waals surface area (Å²) in [4.78, 5) is 71.4. The fourth-order valence-electron chi connectivity index (χ4n) is 9.85. The number of H-pyrrole nitrogens is 2. The lowest BCUT2D eigenvalue weighted by Crippen LogP contribution is -2.51. The first kappa shape index (κ1) is 46.7. The van der Waals surface area contributed by atoms with Crippen molar-refractivity contribution in [3.05, 3.63) is 95.8 Å². The van der Waals surface area contributed by atoms with E-state index in [0.29, 0.717) is 71.3 Å². The number of hydrogen-bond donors (Lipinski definition) is 4. The number of carbonyl (C=O) groups is 4. The van der Waals surface area contributed by atoms with Gasteiger partial charge in [0.2, 0.25) is 18.0 Å². The Morgan fingerprint density at radius 2 is 1.32 bits per heavy atom. The number of aromatic amines is 2. The molecule has 5 unspecified atom stereocenters. The number of carbonyl (C=O) groups excluding carboxylic acids is 4. The number of fused-ring (bicyclic) bond motifs is 5. The van der Waals surface area contributed by atoms with E-state index in [0.717, 1.165) is 23.8 Å². The van der Waals surface area contributed by atoms with Gasteiger partial charge in [-0.15, -0.1) is 0 Å². The van der Waals surface area contributed by atoms with E-state index in [9.17, 15) is 19.2 Å². The summed E-state index contributed by atoms with van der Waals surface area (Å²) >= 11 is 0. The Balaban J connectivity index is 1.05. The highest BCUT2D eigenvalue weighted by molar-refractivity contribution is 5.93. The summed E-state index contributed by atoms with van der Waals surface area (Å²) in [7, 11) is 3.96. The molecule has 19 heteroatoms. The second kappa shape index (κ2) is 18.9. The molecule has 69 heavy (non-hydrogen) atoms. The van der Waals surface area contributed by atoms with Crippen LogP contribution in [-0.4, -0.2) is 105 Å². The summed E-state index contributed by atoms with van der Waals surface area (Å²) < 4.78 is 55.7. The van der Waals surface area contributed by atoms with Crippen LogP contribution in [0.4, 0.5) is 18.4 Å². The van der Waals surface area contributed by atoms with Gasteiger partial charge in [0.05, 0.1) is 74.0 Å². The first-order valence-corrected chi connectivity index (χ1v) is 23.1. The van der Waals surface area contributed by atoms with Gasteiger partial charge in [-0.3, -0.25) is 9.59 Å². The average Bonchev–Trinajstić information content (AvgIpc) is 4.20. The first-order valence-electron chi connectivity index (χ1n) is 23.1. The van der Waals surface area contributed by atoms with Gasteiger partial charge in [0.1, 0.15) is 46.9 Å². The Bertz CT molecular complexity index is 2950. The summed E-state index contributed by atoms with van der Waals surface area (Å²) in [5.74, 6) is -0.340. The molecule has 3 aromatic heterocycles. The number of amides is 4. The highest BCUT2D eigenvalue weighted by Crippen LogP contribution is 2.48. The number of nitrogens with one attached hydrogen (secondary N) is 4. The van der Waals surface area contributed by atoms with Crippen LogP contribution < -0.4 is 20.1 Å². The molecule has 0 spiro atoms. The fraction of sp³-hybridized carbons (Fsp3) is 0.400. The maximum atomic E-state index is 16.9. The number of ether oxygens (including phenoxy) is 4. The molecule has 9 rings (SSSR count). The quantitative estimate of drug-likeness (QED) is 0.0924. The number of likely N-dealkylation sites (tertiary alicyclic amines) is 2. The van der Waals surface area contributed by atoms with E-state index < -0.39 is 48.2 Å². The van der Waals surface area contributed by atoms with Gasteiger partial charge in [-0.1, -0.05) is 33.8 Å². The standard InChI is InChI=1S/C50H55F2N9O8/c1-25(2)42(57-49(64)67-6)46(62)59-14-8-10-37(59)44-53-23-34(55-44)27-12-13-36-29(16-27)20-39-41-33(52)19-28(21-40(41)69-48(61(36)39)30-17-31(51)22-32(18-30)66-5)35-24-54-45(56-35)38-11-9-15-60(38)47(63)43(26(3)4)58-50(65)68-7/h12-13,16-26,37-38,42-43,48H,8-11,14-15H2,1-7H3,(H,53,55)(H,54,56)(H,57,64)(H,58,65). The smallest absolute Gasteiger partial charge is 0.407 e. The van der Waals surface area contributed by atoms with E-state index in [2.05, 4.69) is 25.6 Å². The highest BCUT2D eigenvalue weighted by atomic mass is 19.1.